The van der Waals surface area contributed by atoms with Crippen LogP contribution in [-0.2, 0) is 0 Å². The summed E-state index contributed by atoms with van der Waals surface area (Å²) in [6.07, 6.45) is 0. The average Bonchev–Trinajstić information content (AvgIpc) is 3.66. The van der Waals surface area contributed by atoms with Crippen molar-refractivity contribution in [3.63, 3.8) is 0 Å². The molecular weight excluding hydrogens is 671 g/mol. The third-order valence-corrected chi connectivity index (χ3v) is 10.7. The van der Waals surface area contributed by atoms with Gasteiger partial charge in [0.2, 0.25) is 0 Å². The minimum Gasteiger partial charge on any atom is -0.455 e. The number of rotatable bonds is 5. The highest BCUT2D eigenvalue weighted by Crippen LogP contribution is 2.43. The second-order valence-electron chi connectivity index (χ2n) is 14.0. The van der Waals surface area contributed by atoms with Crippen LogP contribution < -0.4 is 0 Å². The van der Waals surface area contributed by atoms with E-state index in [1.54, 1.807) is 0 Å². The Morgan fingerprint density at radius 2 is 0.727 bits per heavy atom. The van der Waals surface area contributed by atoms with Crippen LogP contribution in [0.5, 0.6) is 0 Å². The topological polar surface area (TPSA) is 51.8 Å². The molecule has 256 valence electrons. The molecule has 0 saturated carbocycles. The van der Waals surface area contributed by atoms with Crippen molar-refractivity contribution < 1.29 is 4.42 Å². The molecule has 9 aromatic carbocycles. The Hall–Kier alpha value is -7.43. The number of benzene rings is 9. The van der Waals surface area contributed by atoms with Crippen molar-refractivity contribution in [1.82, 2.24) is 15.0 Å². The molecule has 0 atom stereocenters. The fourth-order valence-corrected chi connectivity index (χ4v) is 8.03. The first-order chi connectivity index (χ1) is 27.2. The quantitative estimate of drug-likeness (QED) is 0.168. The predicted octanol–water partition coefficient (Wildman–Crippen LogP) is 13.6. The number of nitrogens with zero attached hydrogens (tertiary/aromatic N) is 3. The SMILES string of the molecule is c1ccc(-c2ccc(-c3nc(-c4cccc(-c5ccccc5)c4)nc(-c4ccc5c(c4)c4ccccc4c4ccc6c7ccccc7oc6c45)n3)cc2)cc1. The standard InChI is InChI=1S/C51H31N3O/c1-3-12-32(13-4-1)34-22-24-35(25-23-34)49-52-50(37-17-11-16-36(30-37)33-14-5-2-6-15-33)54-51(53-49)38-26-27-43-45(31-38)40-19-8-7-18-39(40)42-28-29-44-41-20-9-10-21-46(41)55-48(44)47(42)43/h1-31H. The third kappa shape index (κ3) is 5.26. The molecular formula is C51H31N3O. The molecule has 0 aliphatic carbocycles. The highest BCUT2D eigenvalue weighted by atomic mass is 16.3. The van der Waals surface area contributed by atoms with Crippen LogP contribution in [0.3, 0.4) is 0 Å². The van der Waals surface area contributed by atoms with Crippen LogP contribution in [0.1, 0.15) is 0 Å². The van der Waals surface area contributed by atoms with Gasteiger partial charge in [-0.25, -0.2) is 15.0 Å². The second kappa shape index (κ2) is 12.6. The fraction of sp³-hybridized carbons (Fsp3) is 0. The zero-order chi connectivity index (χ0) is 36.3. The van der Waals surface area contributed by atoms with Crippen LogP contribution in [0.25, 0.3) is 111 Å². The van der Waals surface area contributed by atoms with Crippen LogP contribution in [-0.4, -0.2) is 15.0 Å². The molecule has 2 heterocycles. The van der Waals surface area contributed by atoms with Crippen LogP contribution in [0.15, 0.2) is 192 Å². The lowest BCUT2D eigenvalue weighted by atomic mass is 9.92. The average molecular weight is 702 g/mol. The highest BCUT2D eigenvalue weighted by Gasteiger charge is 2.18. The van der Waals surface area contributed by atoms with Crippen molar-refractivity contribution in [2.75, 3.05) is 0 Å². The lowest BCUT2D eigenvalue weighted by molar-refractivity contribution is 0.673. The van der Waals surface area contributed by atoms with E-state index in [1.165, 1.54) is 21.7 Å². The number of fused-ring (bicyclic) bond motifs is 10. The summed E-state index contributed by atoms with van der Waals surface area (Å²) in [6, 6.07) is 65.7. The summed E-state index contributed by atoms with van der Waals surface area (Å²) in [5.74, 6) is 1.86. The van der Waals surface area contributed by atoms with E-state index in [-0.39, 0.29) is 0 Å². The molecule has 0 bridgehead atoms. The van der Waals surface area contributed by atoms with Crippen molar-refractivity contribution >= 4 is 54.3 Å². The van der Waals surface area contributed by atoms with Crippen molar-refractivity contribution in [3.05, 3.63) is 188 Å². The van der Waals surface area contributed by atoms with Gasteiger partial charge in [-0.15, -0.1) is 0 Å². The van der Waals surface area contributed by atoms with Crippen molar-refractivity contribution in [2.45, 2.75) is 0 Å². The monoisotopic (exact) mass is 701 g/mol. The Bertz CT molecular complexity index is 3240. The van der Waals surface area contributed by atoms with Crippen molar-refractivity contribution in [2.24, 2.45) is 0 Å². The maximum Gasteiger partial charge on any atom is 0.164 e. The van der Waals surface area contributed by atoms with E-state index in [9.17, 15) is 0 Å². The van der Waals surface area contributed by atoms with Gasteiger partial charge >= 0.3 is 0 Å². The molecule has 0 unspecified atom stereocenters. The first-order valence-corrected chi connectivity index (χ1v) is 18.5. The Morgan fingerprint density at radius 1 is 0.273 bits per heavy atom. The molecule has 4 heteroatoms. The van der Waals surface area contributed by atoms with Gasteiger partial charge in [-0.05, 0) is 73.5 Å². The third-order valence-electron chi connectivity index (χ3n) is 10.7. The summed E-state index contributed by atoms with van der Waals surface area (Å²) in [5, 5.41) is 9.12. The summed E-state index contributed by atoms with van der Waals surface area (Å²) in [5.41, 5.74) is 9.12. The van der Waals surface area contributed by atoms with Crippen LogP contribution in [0, 0.1) is 0 Å². The molecule has 0 aliphatic rings. The summed E-state index contributed by atoms with van der Waals surface area (Å²) in [7, 11) is 0. The van der Waals surface area contributed by atoms with E-state index in [1.807, 2.05) is 24.3 Å². The van der Waals surface area contributed by atoms with Gasteiger partial charge in [0.25, 0.3) is 0 Å². The van der Waals surface area contributed by atoms with Gasteiger partial charge in [-0.2, -0.15) is 0 Å². The number of hydrogen-bond acceptors (Lipinski definition) is 4. The first-order valence-electron chi connectivity index (χ1n) is 18.5. The molecule has 0 spiro atoms. The van der Waals surface area contributed by atoms with Gasteiger partial charge in [0, 0.05) is 32.8 Å². The Balaban J connectivity index is 1.13. The minimum absolute atomic E-state index is 0.616. The second-order valence-corrected chi connectivity index (χ2v) is 14.0. The predicted molar refractivity (Wildman–Crippen MR) is 227 cm³/mol. The number of aromatic nitrogens is 3. The lowest BCUT2D eigenvalue weighted by Gasteiger charge is -2.13. The van der Waals surface area contributed by atoms with E-state index < -0.39 is 0 Å². The Labute approximate surface area is 317 Å². The molecule has 0 aliphatic heterocycles. The molecule has 11 rings (SSSR count). The normalized spacial score (nSPS) is 11.6. The van der Waals surface area contributed by atoms with Gasteiger partial charge in [0.05, 0.1) is 0 Å². The Kier molecular flexibility index (Phi) is 7.14. The van der Waals surface area contributed by atoms with Gasteiger partial charge in [0.15, 0.2) is 17.5 Å². The van der Waals surface area contributed by atoms with Crippen molar-refractivity contribution in [1.29, 1.82) is 0 Å². The van der Waals surface area contributed by atoms with Crippen LogP contribution in [0.2, 0.25) is 0 Å². The van der Waals surface area contributed by atoms with Crippen LogP contribution >= 0.6 is 0 Å². The highest BCUT2D eigenvalue weighted by molar-refractivity contribution is 6.32. The summed E-state index contributed by atoms with van der Waals surface area (Å²) >= 11 is 0. The molecule has 0 amide bonds. The summed E-state index contributed by atoms with van der Waals surface area (Å²) < 4.78 is 6.61. The summed E-state index contributed by atoms with van der Waals surface area (Å²) in [4.78, 5) is 15.5. The van der Waals surface area contributed by atoms with Crippen molar-refractivity contribution in [3.8, 4) is 56.4 Å². The maximum atomic E-state index is 6.61. The molecule has 0 N–H and O–H groups in total. The minimum atomic E-state index is 0.616. The van der Waals surface area contributed by atoms with E-state index in [0.29, 0.717) is 17.5 Å². The van der Waals surface area contributed by atoms with E-state index in [2.05, 4.69) is 164 Å². The zero-order valence-corrected chi connectivity index (χ0v) is 29.6. The lowest BCUT2D eigenvalue weighted by Crippen LogP contribution is -2.00. The van der Waals surface area contributed by atoms with Crippen LogP contribution in [0.4, 0.5) is 0 Å². The largest absolute Gasteiger partial charge is 0.455 e. The Morgan fingerprint density at radius 3 is 1.45 bits per heavy atom. The number of hydrogen-bond donors (Lipinski definition) is 0. The van der Waals surface area contributed by atoms with Gasteiger partial charge in [-0.3, -0.25) is 0 Å². The molecule has 4 nitrogen and oxygen atoms in total. The molecule has 11 aromatic rings. The molecule has 0 fully saturated rings. The van der Waals surface area contributed by atoms with Gasteiger partial charge in [-0.1, -0.05) is 164 Å². The van der Waals surface area contributed by atoms with Gasteiger partial charge < -0.3 is 4.42 Å². The molecule has 0 saturated heterocycles. The number of furan rings is 1. The number of para-hydroxylation sites is 1. The maximum absolute atomic E-state index is 6.61. The summed E-state index contributed by atoms with van der Waals surface area (Å²) in [6.45, 7) is 0. The molecule has 0 radical (unpaired) electrons. The first kappa shape index (κ1) is 31.1. The zero-order valence-electron chi connectivity index (χ0n) is 29.6. The van der Waals surface area contributed by atoms with E-state index in [0.717, 1.165) is 71.5 Å². The molecule has 2 aromatic heterocycles. The smallest absolute Gasteiger partial charge is 0.164 e. The van der Waals surface area contributed by atoms with Gasteiger partial charge in [0.1, 0.15) is 11.2 Å². The van der Waals surface area contributed by atoms with E-state index in [4.69, 9.17) is 19.4 Å². The molecule has 55 heavy (non-hydrogen) atoms. The van der Waals surface area contributed by atoms with E-state index >= 15 is 0 Å². The fourth-order valence-electron chi connectivity index (χ4n) is 8.03.